The summed E-state index contributed by atoms with van der Waals surface area (Å²) in [5.74, 6) is 0. The molecule has 0 aliphatic carbocycles. The highest BCUT2D eigenvalue weighted by atomic mass is 16.7. The Morgan fingerprint density at radius 3 is 2.64 bits per heavy atom. The van der Waals surface area contributed by atoms with Gasteiger partial charge in [-0.15, -0.1) is 0 Å². The summed E-state index contributed by atoms with van der Waals surface area (Å²) in [5, 5.41) is 18.5. The fourth-order valence-electron chi connectivity index (χ4n) is 1.22. The van der Waals surface area contributed by atoms with Gasteiger partial charge in [0.15, 0.2) is 6.29 Å². The monoisotopic (exact) mass is 162 g/mol. The maximum Gasteiger partial charge on any atom is 0.185 e. The van der Waals surface area contributed by atoms with E-state index in [0.29, 0.717) is 6.42 Å². The van der Waals surface area contributed by atoms with Crippen molar-refractivity contribution in [1.29, 1.82) is 0 Å². The lowest BCUT2D eigenvalue weighted by Gasteiger charge is -2.34. The molecule has 1 fully saturated rings. The van der Waals surface area contributed by atoms with Crippen LogP contribution in [0.4, 0.5) is 0 Å². The average Bonchev–Trinajstić information content (AvgIpc) is 1.96. The number of hydrogen-bond acceptors (Lipinski definition) is 4. The van der Waals surface area contributed by atoms with E-state index >= 15 is 0 Å². The van der Waals surface area contributed by atoms with Crippen LogP contribution in [0.3, 0.4) is 0 Å². The summed E-state index contributed by atoms with van der Waals surface area (Å²) in [6, 6.07) is 0. The molecular weight excluding hydrogens is 148 g/mol. The molecular formula is C7H14O4. The van der Waals surface area contributed by atoms with E-state index in [-0.39, 0.29) is 6.10 Å². The number of aliphatic hydroxyl groups excluding tert-OH is 2. The van der Waals surface area contributed by atoms with Crippen molar-refractivity contribution < 1.29 is 19.7 Å². The van der Waals surface area contributed by atoms with Gasteiger partial charge in [0.05, 0.1) is 12.2 Å². The molecule has 11 heavy (non-hydrogen) atoms. The molecule has 0 aromatic heterocycles. The Hall–Kier alpha value is -0.160. The topological polar surface area (TPSA) is 58.9 Å². The van der Waals surface area contributed by atoms with Gasteiger partial charge in [-0.05, 0) is 6.92 Å². The van der Waals surface area contributed by atoms with E-state index in [0.717, 1.165) is 0 Å². The Labute approximate surface area is 65.7 Å². The third kappa shape index (κ3) is 1.90. The van der Waals surface area contributed by atoms with Crippen LogP contribution in [0.5, 0.6) is 0 Å². The van der Waals surface area contributed by atoms with Gasteiger partial charge >= 0.3 is 0 Å². The lowest BCUT2D eigenvalue weighted by atomic mass is 10.0. The van der Waals surface area contributed by atoms with Gasteiger partial charge in [-0.3, -0.25) is 0 Å². The predicted molar refractivity (Wildman–Crippen MR) is 38.0 cm³/mol. The zero-order valence-electron chi connectivity index (χ0n) is 6.73. The molecule has 1 aliphatic rings. The predicted octanol–water partition coefficient (Wildman–Crippen LogP) is -0.510. The van der Waals surface area contributed by atoms with Crippen LogP contribution in [0.1, 0.15) is 13.3 Å². The van der Waals surface area contributed by atoms with E-state index in [1.54, 1.807) is 0 Å². The minimum Gasteiger partial charge on any atom is -0.390 e. The summed E-state index contributed by atoms with van der Waals surface area (Å²) in [4.78, 5) is 0. The molecule has 0 amide bonds. The smallest absolute Gasteiger partial charge is 0.185 e. The van der Waals surface area contributed by atoms with Crippen LogP contribution >= 0.6 is 0 Å². The summed E-state index contributed by atoms with van der Waals surface area (Å²) in [7, 11) is 1.44. The SMILES string of the molecule is COC1OC(C)C[C@H](O)[C@H]1O. The van der Waals surface area contributed by atoms with Crippen molar-refractivity contribution in [3.8, 4) is 0 Å². The van der Waals surface area contributed by atoms with Crippen LogP contribution in [-0.4, -0.2) is 41.9 Å². The highest BCUT2D eigenvalue weighted by Gasteiger charge is 2.34. The van der Waals surface area contributed by atoms with Gasteiger partial charge < -0.3 is 19.7 Å². The highest BCUT2D eigenvalue weighted by Crippen LogP contribution is 2.19. The molecule has 0 aromatic carbocycles. The molecule has 4 atom stereocenters. The van der Waals surface area contributed by atoms with Gasteiger partial charge in [0.1, 0.15) is 6.10 Å². The summed E-state index contributed by atoms with van der Waals surface area (Å²) >= 11 is 0. The molecule has 0 bridgehead atoms. The van der Waals surface area contributed by atoms with Crippen LogP contribution in [0.15, 0.2) is 0 Å². The molecule has 1 saturated heterocycles. The summed E-state index contributed by atoms with van der Waals surface area (Å²) in [5.41, 5.74) is 0. The molecule has 1 heterocycles. The van der Waals surface area contributed by atoms with Gasteiger partial charge in [0, 0.05) is 13.5 Å². The molecule has 4 heteroatoms. The third-order valence-corrected chi connectivity index (χ3v) is 1.85. The molecule has 0 spiro atoms. The lowest BCUT2D eigenvalue weighted by Crippen LogP contribution is -2.48. The second kappa shape index (κ2) is 3.49. The van der Waals surface area contributed by atoms with E-state index < -0.39 is 18.5 Å². The Balaban J connectivity index is 2.51. The van der Waals surface area contributed by atoms with Gasteiger partial charge in [-0.2, -0.15) is 0 Å². The zero-order chi connectivity index (χ0) is 8.43. The quantitative estimate of drug-likeness (QED) is 0.545. The third-order valence-electron chi connectivity index (χ3n) is 1.85. The maximum absolute atomic E-state index is 9.26. The molecule has 66 valence electrons. The normalized spacial score (nSPS) is 45.8. The van der Waals surface area contributed by atoms with Crippen molar-refractivity contribution in [2.75, 3.05) is 7.11 Å². The van der Waals surface area contributed by atoms with E-state index in [9.17, 15) is 10.2 Å². The fraction of sp³-hybridized carbons (Fsp3) is 1.00. The molecule has 2 unspecified atom stereocenters. The lowest BCUT2D eigenvalue weighted by molar-refractivity contribution is -0.254. The first-order valence-corrected chi connectivity index (χ1v) is 3.69. The number of ether oxygens (including phenoxy) is 2. The minimum absolute atomic E-state index is 0.0571. The van der Waals surface area contributed by atoms with E-state index in [1.165, 1.54) is 7.11 Å². The Kier molecular flexibility index (Phi) is 2.84. The van der Waals surface area contributed by atoms with Gasteiger partial charge in [0.2, 0.25) is 0 Å². The van der Waals surface area contributed by atoms with Crippen LogP contribution < -0.4 is 0 Å². The number of rotatable bonds is 1. The van der Waals surface area contributed by atoms with Crippen molar-refractivity contribution in [3.63, 3.8) is 0 Å². The van der Waals surface area contributed by atoms with Crippen molar-refractivity contribution >= 4 is 0 Å². The van der Waals surface area contributed by atoms with E-state index in [1.807, 2.05) is 6.92 Å². The Morgan fingerprint density at radius 2 is 2.09 bits per heavy atom. The first-order valence-electron chi connectivity index (χ1n) is 3.69. The second-order valence-electron chi connectivity index (χ2n) is 2.84. The minimum atomic E-state index is -0.920. The van der Waals surface area contributed by atoms with Crippen molar-refractivity contribution in [2.24, 2.45) is 0 Å². The van der Waals surface area contributed by atoms with E-state index in [2.05, 4.69) is 0 Å². The molecule has 0 saturated carbocycles. The first kappa shape index (κ1) is 8.93. The van der Waals surface area contributed by atoms with Crippen molar-refractivity contribution in [1.82, 2.24) is 0 Å². The molecule has 0 aromatic rings. The summed E-state index contributed by atoms with van der Waals surface area (Å²) in [6.45, 7) is 1.83. The van der Waals surface area contributed by atoms with Crippen LogP contribution in [0.25, 0.3) is 0 Å². The zero-order valence-corrected chi connectivity index (χ0v) is 6.73. The summed E-state index contributed by atoms with van der Waals surface area (Å²) < 4.78 is 10.00. The maximum atomic E-state index is 9.26. The van der Waals surface area contributed by atoms with Crippen molar-refractivity contribution in [3.05, 3.63) is 0 Å². The largest absolute Gasteiger partial charge is 0.390 e. The highest BCUT2D eigenvalue weighted by molar-refractivity contribution is 4.78. The Morgan fingerprint density at radius 1 is 1.45 bits per heavy atom. The van der Waals surface area contributed by atoms with Crippen LogP contribution in [0, 0.1) is 0 Å². The number of hydrogen-bond donors (Lipinski definition) is 2. The van der Waals surface area contributed by atoms with E-state index in [4.69, 9.17) is 9.47 Å². The van der Waals surface area contributed by atoms with Gasteiger partial charge in [-0.1, -0.05) is 0 Å². The van der Waals surface area contributed by atoms with Crippen LogP contribution in [0.2, 0.25) is 0 Å². The Bertz CT molecular complexity index is 128. The molecule has 2 N–H and O–H groups in total. The standard InChI is InChI=1S/C7H14O4/c1-4-3-5(8)6(9)7(10-2)11-4/h4-9H,3H2,1-2H3/t4?,5-,6+,7?/m0/s1. The first-order chi connectivity index (χ1) is 5.15. The second-order valence-corrected chi connectivity index (χ2v) is 2.84. The molecule has 1 aliphatic heterocycles. The summed E-state index contributed by atoms with van der Waals surface area (Å²) in [6.07, 6.45) is -1.94. The van der Waals surface area contributed by atoms with Crippen LogP contribution in [-0.2, 0) is 9.47 Å². The molecule has 4 nitrogen and oxygen atoms in total. The number of methoxy groups -OCH3 is 1. The van der Waals surface area contributed by atoms with Gasteiger partial charge in [-0.25, -0.2) is 0 Å². The molecule has 0 radical (unpaired) electrons. The van der Waals surface area contributed by atoms with Gasteiger partial charge in [0.25, 0.3) is 0 Å². The molecule has 1 rings (SSSR count). The fourth-order valence-corrected chi connectivity index (χ4v) is 1.22. The average molecular weight is 162 g/mol. The number of aliphatic hydroxyl groups is 2. The van der Waals surface area contributed by atoms with Crippen molar-refractivity contribution in [2.45, 2.75) is 37.9 Å².